The van der Waals surface area contributed by atoms with Crippen molar-refractivity contribution in [1.82, 2.24) is 9.80 Å². The third-order valence-corrected chi connectivity index (χ3v) is 6.11. The summed E-state index contributed by atoms with van der Waals surface area (Å²) in [6.45, 7) is 4.23. The van der Waals surface area contributed by atoms with Gasteiger partial charge in [0.15, 0.2) is 0 Å². The third kappa shape index (κ3) is 3.72. The first-order valence-electron chi connectivity index (χ1n) is 8.93. The van der Waals surface area contributed by atoms with E-state index in [0.29, 0.717) is 32.8 Å². The highest BCUT2D eigenvalue weighted by molar-refractivity contribution is 7.20. The van der Waals surface area contributed by atoms with Gasteiger partial charge < -0.3 is 19.6 Å². The molecule has 2 aromatic rings. The Kier molecular flexibility index (Phi) is 4.78. The van der Waals surface area contributed by atoms with Crippen LogP contribution in [0.3, 0.4) is 0 Å². The normalized spacial score (nSPS) is 25.4. The average molecular weight is 360 g/mol. The molecule has 1 aromatic heterocycles. The van der Waals surface area contributed by atoms with Gasteiger partial charge in [0.25, 0.3) is 5.91 Å². The molecule has 2 fully saturated rings. The van der Waals surface area contributed by atoms with Crippen LogP contribution in [0.25, 0.3) is 10.1 Å². The number of benzene rings is 1. The second kappa shape index (κ2) is 7.03. The Labute approximate surface area is 151 Å². The number of β-amino-alcohol motifs (C(OH)–C–C–N with tert-alkyl or cyclic N) is 1. The Bertz CT molecular complexity index is 723. The van der Waals surface area contributed by atoms with Crippen LogP contribution in [0.2, 0.25) is 0 Å². The van der Waals surface area contributed by atoms with E-state index in [0.717, 1.165) is 28.1 Å². The molecule has 0 bridgehead atoms. The third-order valence-electron chi connectivity index (χ3n) is 5.00. The van der Waals surface area contributed by atoms with Crippen molar-refractivity contribution < 1.29 is 14.6 Å². The summed E-state index contributed by atoms with van der Waals surface area (Å²) in [6, 6.07) is 9.98. The first kappa shape index (κ1) is 17.0. The first-order chi connectivity index (χ1) is 12.1. The summed E-state index contributed by atoms with van der Waals surface area (Å²) >= 11 is 1.51. The largest absolute Gasteiger partial charge is 0.384 e. The molecule has 1 atom stereocenters. The first-order valence-corrected chi connectivity index (χ1v) is 9.75. The quantitative estimate of drug-likeness (QED) is 0.912. The molecule has 1 amide bonds. The monoisotopic (exact) mass is 360 g/mol. The number of carbonyl (C=O) groups excluding carboxylic acids is 1. The maximum absolute atomic E-state index is 13.0. The molecule has 0 saturated carbocycles. The molecule has 5 nitrogen and oxygen atoms in total. The molecule has 1 unspecified atom stereocenters. The van der Waals surface area contributed by atoms with Gasteiger partial charge in [0.1, 0.15) is 5.60 Å². The summed E-state index contributed by atoms with van der Waals surface area (Å²) in [4.78, 5) is 17.8. The van der Waals surface area contributed by atoms with Crippen molar-refractivity contribution in [2.75, 3.05) is 45.9 Å². The van der Waals surface area contributed by atoms with E-state index in [1.54, 1.807) is 4.90 Å². The summed E-state index contributed by atoms with van der Waals surface area (Å²) in [7, 11) is 0. The summed E-state index contributed by atoms with van der Waals surface area (Å²) in [6.07, 6.45) is 2.36. The van der Waals surface area contributed by atoms with Crippen molar-refractivity contribution in [3.8, 4) is 0 Å². The van der Waals surface area contributed by atoms with Gasteiger partial charge in [-0.2, -0.15) is 0 Å². The average Bonchev–Trinajstić information content (AvgIpc) is 3.21. The number of fused-ring (bicyclic) bond motifs is 1. The molecule has 0 aliphatic carbocycles. The van der Waals surface area contributed by atoms with Gasteiger partial charge in [-0.05, 0) is 43.5 Å². The van der Waals surface area contributed by atoms with Gasteiger partial charge in [0, 0.05) is 17.8 Å². The molecule has 1 aromatic carbocycles. The molecule has 4 rings (SSSR count). The van der Waals surface area contributed by atoms with E-state index in [-0.39, 0.29) is 5.91 Å². The van der Waals surface area contributed by atoms with Crippen LogP contribution in [0.15, 0.2) is 30.3 Å². The van der Waals surface area contributed by atoms with Crippen LogP contribution in [0.4, 0.5) is 0 Å². The highest BCUT2D eigenvalue weighted by Crippen LogP contribution is 2.27. The van der Waals surface area contributed by atoms with Gasteiger partial charge >= 0.3 is 0 Å². The Hall–Kier alpha value is -1.47. The van der Waals surface area contributed by atoms with Crippen LogP contribution in [0.1, 0.15) is 22.5 Å². The fourth-order valence-corrected chi connectivity index (χ4v) is 4.82. The van der Waals surface area contributed by atoms with Gasteiger partial charge in [-0.25, -0.2) is 0 Å². The highest BCUT2D eigenvalue weighted by Gasteiger charge is 2.37. The van der Waals surface area contributed by atoms with E-state index >= 15 is 0 Å². The lowest BCUT2D eigenvalue weighted by molar-refractivity contribution is -0.0524. The van der Waals surface area contributed by atoms with Crippen molar-refractivity contribution in [3.05, 3.63) is 35.2 Å². The number of aliphatic hydroxyl groups is 1. The van der Waals surface area contributed by atoms with E-state index < -0.39 is 5.60 Å². The molecule has 2 saturated heterocycles. The predicted octanol–water partition coefficient (Wildman–Crippen LogP) is 2.20. The number of amides is 1. The minimum atomic E-state index is -0.993. The maximum Gasteiger partial charge on any atom is 0.264 e. The second-order valence-electron chi connectivity index (χ2n) is 7.14. The molecule has 1 N–H and O–H groups in total. The minimum Gasteiger partial charge on any atom is -0.384 e. The Balaban J connectivity index is 1.52. The zero-order chi connectivity index (χ0) is 17.3. The lowest BCUT2D eigenvalue weighted by atomic mass is 10.0. The number of thiophene rings is 1. The number of likely N-dealkylation sites (tertiary alicyclic amines) is 1. The lowest BCUT2D eigenvalue weighted by Gasteiger charge is -2.33. The van der Waals surface area contributed by atoms with E-state index in [9.17, 15) is 9.90 Å². The standard InChI is InChI=1S/C19H24N2O3S/c22-18(17-11-15-5-1-2-6-16(15)25-17)21-9-10-24-14-19(23,13-21)12-20-7-3-4-8-20/h1-2,5-6,11,23H,3-4,7-10,12-14H2. The molecule has 3 heterocycles. The van der Waals surface area contributed by atoms with Crippen LogP contribution < -0.4 is 0 Å². The van der Waals surface area contributed by atoms with Crippen molar-refractivity contribution >= 4 is 27.3 Å². The summed E-state index contributed by atoms with van der Waals surface area (Å²) in [5.74, 6) is -0.00783. The molecule has 0 spiro atoms. The number of nitrogens with zero attached hydrogens (tertiary/aromatic N) is 2. The van der Waals surface area contributed by atoms with Gasteiger partial charge in [-0.15, -0.1) is 11.3 Å². The van der Waals surface area contributed by atoms with E-state index in [2.05, 4.69) is 4.90 Å². The summed E-state index contributed by atoms with van der Waals surface area (Å²) in [5.41, 5.74) is -0.993. The number of ether oxygens (including phenoxy) is 1. The molecule has 6 heteroatoms. The Morgan fingerprint density at radius 1 is 1.24 bits per heavy atom. The number of carbonyl (C=O) groups is 1. The van der Waals surface area contributed by atoms with Gasteiger partial charge in [0.05, 0.1) is 24.6 Å². The number of hydrogen-bond donors (Lipinski definition) is 1. The maximum atomic E-state index is 13.0. The molecular formula is C19H24N2O3S. The zero-order valence-corrected chi connectivity index (χ0v) is 15.1. The number of hydrogen-bond acceptors (Lipinski definition) is 5. The summed E-state index contributed by atoms with van der Waals surface area (Å²) in [5, 5.41) is 12.2. The lowest BCUT2D eigenvalue weighted by Crippen LogP contribution is -2.52. The fourth-order valence-electron chi connectivity index (χ4n) is 3.79. The molecular weight excluding hydrogens is 336 g/mol. The predicted molar refractivity (Wildman–Crippen MR) is 99.2 cm³/mol. The molecule has 134 valence electrons. The van der Waals surface area contributed by atoms with E-state index in [1.807, 2.05) is 30.3 Å². The fraction of sp³-hybridized carbons (Fsp3) is 0.526. The van der Waals surface area contributed by atoms with Gasteiger partial charge in [-0.3, -0.25) is 4.79 Å². The van der Waals surface area contributed by atoms with E-state index in [4.69, 9.17) is 4.74 Å². The van der Waals surface area contributed by atoms with E-state index in [1.165, 1.54) is 24.2 Å². The zero-order valence-electron chi connectivity index (χ0n) is 14.3. The van der Waals surface area contributed by atoms with Crippen LogP contribution in [0, 0.1) is 0 Å². The molecule has 2 aliphatic rings. The molecule has 0 radical (unpaired) electrons. The van der Waals surface area contributed by atoms with Gasteiger partial charge in [-0.1, -0.05) is 18.2 Å². The van der Waals surface area contributed by atoms with Gasteiger partial charge in [0.2, 0.25) is 0 Å². The summed E-state index contributed by atoms with van der Waals surface area (Å²) < 4.78 is 6.74. The minimum absolute atomic E-state index is 0.00783. The SMILES string of the molecule is O=C(c1cc2ccccc2s1)N1CCOCC(O)(CN2CCCC2)C1. The van der Waals surface area contributed by atoms with Crippen LogP contribution >= 0.6 is 11.3 Å². The van der Waals surface area contributed by atoms with Crippen LogP contribution in [-0.2, 0) is 4.74 Å². The second-order valence-corrected chi connectivity index (χ2v) is 8.22. The molecule has 2 aliphatic heterocycles. The highest BCUT2D eigenvalue weighted by atomic mass is 32.1. The Morgan fingerprint density at radius 3 is 2.84 bits per heavy atom. The van der Waals surface area contributed by atoms with Crippen LogP contribution in [0.5, 0.6) is 0 Å². The molecule has 25 heavy (non-hydrogen) atoms. The van der Waals surface area contributed by atoms with Crippen molar-refractivity contribution in [1.29, 1.82) is 0 Å². The van der Waals surface area contributed by atoms with Crippen molar-refractivity contribution in [3.63, 3.8) is 0 Å². The number of rotatable bonds is 3. The Morgan fingerprint density at radius 2 is 2.04 bits per heavy atom. The topological polar surface area (TPSA) is 53.0 Å². The van der Waals surface area contributed by atoms with Crippen LogP contribution in [-0.4, -0.2) is 72.4 Å². The van der Waals surface area contributed by atoms with Crippen molar-refractivity contribution in [2.45, 2.75) is 18.4 Å². The van der Waals surface area contributed by atoms with Crippen molar-refractivity contribution in [2.24, 2.45) is 0 Å². The smallest absolute Gasteiger partial charge is 0.264 e.